The van der Waals surface area contributed by atoms with E-state index in [2.05, 4.69) is 4.98 Å². The van der Waals surface area contributed by atoms with Gasteiger partial charge in [0.15, 0.2) is 11.5 Å². The Hall–Kier alpha value is -2.56. The first-order chi connectivity index (χ1) is 11.8. The lowest BCUT2D eigenvalue weighted by Crippen LogP contribution is -2.35. The topological polar surface area (TPSA) is 51.7 Å². The summed E-state index contributed by atoms with van der Waals surface area (Å²) in [5.41, 5.74) is 1.95. The molecule has 0 radical (unpaired) electrons. The Morgan fingerprint density at radius 1 is 1.17 bits per heavy atom. The Morgan fingerprint density at radius 2 is 2.00 bits per heavy atom. The van der Waals surface area contributed by atoms with Gasteiger partial charge in [0, 0.05) is 30.5 Å². The number of pyridine rings is 1. The number of hydrogen-bond acceptors (Lipinski definition) is 4. The summed E-state index contributed by atoms with van der Waals surface area (Å²) in [6, 6.07) is 9.82. The first-order valence-corrected chi connectivity index (χ1v) is 8.41. The third-order valence-electron chi connectivity index (χ3n) is 4.77. The Balaban J connectivity index is 1.45. The summed E-state index contributed by atoms with van der Waals surface area (Å²) in [6.45, 7) is 1.06. The van der Waals surface area contributed by atoms with Crippen molar-refractivity contribution in [3.05, 3.63) is 53.9 Å². The van der Waals surface area contributed by atoms with Gasteiger partial charge in [-0.2, -0.15) is 0 Å². The molecule has 2 aromatic rings. The van der Waals surface area contributed by atoms with E-state index in [1.54, 1.807) is 6.07 Å². The molecule has 1 fully saturated rings. The smallest absolute Gasteiger partial charge is 0.254 e. The molecule has 1 aromatic heterocycles. The van der Waals surface area contributed by atoms with Crippen LogP contribution in [0.25, 0.3) is 0 Å². The molecule has 3 heterocycles. The third kappa shape index (κ3) is 2.94. The second-order valence-corrected chi connectivity index (χ2v) is 6.26. The summed E-state index contributed by atoms with van der Waals surface area (Å²) in [4.78, 5) is 19.0. The molecule has 4 rings (SSSR count). The molecule has 0 bridgehead atoms. The highest BCUT2D eigenvalue weighted by atomic mass is 16.7. The lowest BCUT2D eigenvalue weighted by Gasteiger charge is -2.25. The first kappa shape index (κ1) is 15.0. The van der Waals surface area contributed by atoms with Gasteiger partial charge in [-0.25, -0.2) is 0 Å². The van der Waals surface area contributed by atoms with Crippen molar-refractivity contribution in [3.8, 4) is 11.5 Å². The van der Waals surface area contributed by atoms with E-state index in [1.165, 1.54) is 5.56 Å². The second-order valence-electron chi connectivity index (χ2n) is 6.26. The number of hydrogen-bond donors (Lipinski definition) is 0. The van der Waals surface area contributed by atoms with Gasteiger partial charge in [0.1, 0.15) is 0 Å². The van der Waals surface area contributed by atoms with E-state index in [1.807, 2.05) is 41.6 Å². The number of ether oxygens (including phenoxy) is 2. The predicted molar refractivity (Wildman–Crippen MR) is 89.2 cm³/mol. The quantitative estimate of drug-likeness (QED) is 0.867. The third-order valence-corrected chi connectivity index (χ3v) is 4.77. The van der Waals surface area contributed by atoms with E-state index in [-0.39, 0.29) is 12.7 Å². The number of carbonyl (C=O) groups is 1. The molecule has 124 valence electrons. The average molecular weight is 324 g/mol. The standard InChI is InChI=1S/C19H20N2O3/c22-19(15-4-6-17-18(12-15)24-13-23-17)21-11-1-2-16(21)5-3-14-7-9-20-10-8-14/h4,6-10,12,16H,1-3,5,11,13H2/t16-/m1/s1. The largest absolute Gasteiger partial charge is 0.454 e. The molecule has 2 aliphatic heterocycles. The van der Waals surface area contributed by atoms with E-state index < -0.39 is 0 Å². The van der Waals surface area contributed by atoms with E-state index in [0.717, 1.165) is 32.2 Å². The van der Waals surface area contributed by atoms with Crippen molar-refractivity contribution in [2.45, 2.75) is 31.7 Å². The number of aromatic nitrogens is 1. The molecular formula is C19H20N2O3. The van der Waals surface area contributed by atoms with Crippen molar-refractivity contribution in [1.29, 1.82) is 0 Å². The Labute approximate surface area is 141 Å². The summed E-state index contributed by atoms with van der Waals surface area (Å²) in [5.74, 6) is 1.46. The van der Waals surface area contributed by atoms with E-state index >= 15 is 0 Å². The Bertz CT molecular complexity index is 733. The van der Waals surface area contributed by atoms with Crippen LogP contribution in [0.15, 0.2) is 42.7 Å². The van der Waals surface area contributed by atoms with Crippen LogP contribution in [-0.4, -0.2) is 35.2 Å². The lowest BCUT2D eigenvalue weighted by atomic mass is 10.0. The van der Waals surface area contributed by atoms with Crippen LogP contribution in [0.2, 0.25) is 0 Å². The van der Waals surface area contributed by atoms with Crippen LogP contribution in [0.5, 0.6) is 11.5 Å². The molecule has 0 unspecified atom stereocenters. The molecule has 5 nitrogen and oxygen atoms in total. The summed E-state index contributed by atoms with van der Waals surface area (Å²) >= 11 is 0. The number of aryl methyl sites for hydroxylation is 1. The molecule has 1 saturated heterocycles. The molecule has 0 N–H and O–H groups in total. The van der Waals surface area contributed by atoms with Gasteiger partial charge in [-0.3, -0.25) is 9.78 Å². The zero-order valence-electron chi connectivity index (χ0n) is 13.5. The van der Waals surface area contributed by atoms with Gasteiger partial charge in [-0.05, 0) is 61.6 Å². The first-order valence-electron chi connectivity index (χ1n) is 8.41. The van der Waals surface area contributed by atoms with E-state index in [0.29, 0.717) is 23.1 Å². The highest BCUT2D eigenvalue weighted by Crippen LogP contribution is 2.33. The summed E-state index contributed by atoms with van der Waals surface area (Å²) in [5, 5.41) is 0. The number of fused-ring (bicyclic) bond motifs is 1. The molecule has 0 aliphatic carbocycles. The second kappa shape index (κ2) is 6.51. The predicted octanol–water partition coefficient (Wildman–Crippen LogP) is 3.05. The monoisotopic (exact) mass is 324 g/mol. The van der Waals surface area contributed by atoms with Crippen LogP contribution in [0.3, 0.4) is 0 Å². The van der Waals surface area contributed by atoms with Crippen molar-refractivity contribution in [2.24, 2.45) is 0 Å². The van der Waals surface area contributed by atoms with Gasteiger partial charge in [-0.15, -0.1) is 0 Å². The highest BCUT2D eigenvalue weighted by molar-refractivity contribution is 5.95. The van der Waals surface area contributed by atoms with E-state index in [9.17, 15) is 4.79 Å². The van der Waals surface area contributed by atoms with Crippen LogP contribution in [0, 0.1) is 0 Å². The summed E-state index contributed by atoms with van der Waals surface area (Å²) < 4.78 is 10.7. The average Bonchev–Trinajstić information content (AvgIpc) is 3.28. The molecule has 1 atom stereocenters. The molecule has 1 amide bonds. The fourth-order valence-corrected chi connectivity index (χ4v) is 3.48. The Kier molecular flexibility index (Phi) is 4.07. The normalized spacial score (nSPS) is 18.8. The van der Waals surface area contributed by atoms with Crippen LogP contribution >= 0.6 is 0 Å². The van der Waals surface area contributed by atoms with Crippen molar-refractivity contribution < 1.29 is 14.3 Å². The van der Waals surface area contributed by atoms with Crippen molar-refractivity contribution in [3.63, 3.8) is 0 Å². The zero-order chi connectivity index (χ0) is 16.4. The Morgan fingerprint density at radius 3 is 2.88 bits per heavy atom. The number of nitrogens with zero attached hydrogens (tertiary/aromatic N) is 2. The van der Waals surface area contributed by atoms with Crippen molar-refractivity contribution >= 4 is 5.91 Å². The summed E-state index contributed by atoms with van der Waals surface area (Å²) in [7, 11) is 0. The highest BCUT2D eigenvalue weighted by Gasteiger charge is 2.30. The molecule has 0 spiro atoms. The minimum Gasteiger partial charge on any atom is -0.454 e. The molecule has 0 saturated carbocycles. The fourth-order valence-electron chi connectivity index (χ4n) is 3.48. The molecular weight excluding hydrogens is 304 g/mol. The number of rotatable bonds is 4. The van der Waals surface area contributed by atoms with Crippen LogP contribution in [0.1, 0.15) is 35.2 Å². The maximum Gasteiger partial charge on any atom is 0.254 e. The summed E-state index contributed by atoms with van der Waals surface area (Å²) in [6.07, 6.45) is 7.73. The number of likely N-dealkylation sites (tertiary alicyclic amines) is 1. The number of benzene rings is 1. The molecule has 2 aliphatic rings. The molecule has 1 aromatic carbocycles. The zero-order valence-corrected chi connectivity index (χ0v) is 13.5. The minimum absolute atomic E-state index is 0.0885. The van der Waals surface area contributed by atoms with Crippen LogP contribution < -0.4 is 9.47 Å². The minimum atomic E-state index is 0.0885. The SMILES string of the molecule is O=C(c1ccc2c(c1)OCO2)N1CCC[C@@H]1CCc1ccncc1. The lowest BCUT2D eigenvalue weighted by molar-refractivity contribution is 0.0730. The number of carbonyl (C=O) groups excluding carboxylic acids is 1. The van der Waals surface area contributed by atoms with Gasteiger partial charge in [0.2, 0.25) is 6.79 Å². The van der Waals surface area contributed by atoms with Gasteiger partial charge in [0.25, 0.3) is 5.91 Å². The van der Waals surface area contributed by atoms with Crippen LogP contribution in [0.4, 0.5) is 0 Å². The maximum absolute atomic E-state index is 12.9. The van der Waals surface area contributed by atoms with Crippen molar-refractivity contribution in [2.75, 3.05) is 13.3 Å². The van der Waals surface area contributed by atoms with Crippen LogP contribution in [-0.2, 0) is 6.42 Å². The maximum atomic E-state index is 12.9. The van der Waals surface area contributed by atoms with Gasteiger partial charge >= 0.3 is 0 Å². The molecule has 5 heteroatoms. The molecule has 24 heavy (non-hydrogen) atoms. The van der Waals surface area contributed by atoms with E-state index in [4.69, 9.17) is 9.47 Å². The van der Waals surface area contributed by atoms with Gasteiger partial charge < -0.3 is 14.4 Å². The van der Waals surface area contributed by atoms with Gasteiger partial charge in [-0.1, -0.05) is 0 Å². The van der Waals surface area contributed by atoms with Gasteiger partial charge in [0.05, 0.1) is 0 Å². The van der Waals surface area contributed by atoms with Crippen molar-refractivity contribution in [1.82, 2.24) is 9.88 Å². The fraction of sp³-hybridized carbons (Fsp3) is 0.368. The number of amides is 1.